The molecule has 10 heterocycles. The summed E-state index contributed by atoms with van der Waals surface area (Å²) in [7, 11) is 0. The molecule has 0 saturated carbocycles. The SMILES string of the molecule is Cc1cc(C)c(-c2c3nc(c(-c4c(C)cc(C)cc4C)c4ccc([nH]4)c(-c4c(C)cc(C)cc4C)c4nc(c(C#Cc5c6nc(c(-c7c(C)cc(C)cc7C)c7ccc([nH]7)c(-c7c(C)cc(C)cc7C)c7nc(c(-c8c(C)cc(C)cc8C)c8ccc5[nH]8)C=C7)C=C6)c5ccc2[nH]5)C=C4)C=C3)c(C)c1. The molecule has 0 spiro atoms. The Labute approximate surface area is 610 Å². The zero-order chi connectivity index (χ0) is 72.6. The van der Waals surface area contributed by atoms with Gasteiger partial charge in [0.2, 0.25) is 0 Å². The Hall–Kier alpha value is -11.9. The molecule has 6 aromatic heterocycles. The van der Waals surface area contributed by atoms with Crippen LogP contribution in [0.25, 0.3) is 160 Å². The Bertz CT molecular complexity index is 5740. The zero-order valence-electron chi connectivity index (χ0n) is 63.0. The molecule has 0 unspecified atom stereocenters. The summed E-state index contributed by atoms with van der Waals surface area (Å²) in [6.07, 6.45) is 17.5. The van der Waals surface area contributed by atoms with Crippen LogP contribution in [0, 0.1) is 136 Å². The van der Waals surface area contributed by atoms with Gasteiger partial charge in [0.15, 0.2) is 0 Å². The number of hydrogen-bond donors (Lipinski definition) is 4. The summed E-state index contributed by atoms with van der Waals surface area (Å²) in [5, 5.41) is 0. The molecule has 16 bridgehead atoms. The van der Waals surface area contributed by atoms with Crippen molar-refractivity contribution in [2.45, 2.75) is 125 Å². The number of aromatic nitrogens is 8. The summed E-state index contributed by atoms with van der Waals surface area (Å²) in [6, 6.07) is 45.1. The summed E-state index contributed by atoms with van der Waals surface area (Å²) in [5.74, 6) is 7.82. The first-order valence-corrected chi connectivity index (χ1v) is 36.3. The minimum atomic E-state index is 0.723. The normalized spacial score (nSPS) is 12.3. The molecule has 510 valence electrons. The standard InChI is InChI=1S/C96H86N8/c1-49-37-55(7)85(56(8)38-49)91-73-25-21-69(97-73)67(70-22-26-74(98-70)92(86-57(9)39-50(2)40-58(86)10)78-30-34-82(102-78)95(81-33-29-77(91)101-81)89-63(15)45-53(5)46-64(89)16)19-20-68-71-23-27-75(99-71)93(87-59(11)41-51(3)42-60(87)12)79-31-35-83(103-79)96(90-65(17)47-54(6)48-66(90)18)84-36-32-80(104-84)94(76-28-24-72(68)100-76)88-61(13)43-52(4)44-62(88)14/h21-48,97,99,102,104H,1-18H3. The van der Waals surface area contributed by atoms with Crippen LogP contribution in [0.4, 0.5) is 0 Å². The van der Waals surface area contributed by atoms with Crippen LogP contribution >= 0.6 is 0 Å². The van der Waals surface area contributed by atoms with Crippen molar-refractivity contribution in [1.29, 1.82) is 0 Å². The fourth-order valence-corrected chi connectivity index (χ4v) is 17.8. The van der Waals surface area contributed by atoms with Crippen LogP contribution in [0.1, 0.15) is 157 Å². The second kappa shape index (κ2) is 25.5. The Morgan fingerprint density at radius 2 is 0.327 bits per heavy atom. The van der Waals surface area contributed by atoms with Crippen LogP contribution in [-0.2, 0) is 0 Å². The van der Waals surface area contributed by atoms with E-state index in [1.165, 1.54) is 100 Å². The van der Waals surface area contributed by atoms with Gasteiger partial charge in [0.05, 0.1) is 67.7 Å². The van der Waals surface area contributed by atoms with Gasteiger partial charge in [0.25, 0.3) is 0 Å². The third-order valence-corrected chi connectivity index (χ3v) is 21.4. The molecule has 0 radical (unpaired) electrons. The molecule has 0 fully saturated rings. The summed E-state index contributed by atoms with van der Waals surface area (Å²) >= 11 is 0. The molecule has 4 aliphatic rings. The van der Waals surface area contributed by atoms with Crippen LogP contribution in [0.5, 0.6) is 0 Å². The lowest BCUT2D eigenvalue weighted by Crippen LogP contribution is -1.96. The van der Waals surface area contributed by atoms with Crippen molar-refractivity contribution < 1.29 is 0 Å². The van der Waals surface area contributed by atoms with E-state index in [0.717, 1.165) is 168 Å². The Morgan fingerprint density at radius 1 is 0.183 bits per heavy atom. The molecule has 104 heavy (non-hydrogen) atoms. The highest BCUT2D eigenvalue weighted by atomic mass is 14.8. The molecule has 6 aromatic carbocycles. The quantitative estimate of drug-likeness (QED) is 0.124. The maximum absolute atomic E-state index is 5.80. The number of nitrogens with one attached hydrogen (secondary N) is 4. The first-order valence-electron chi connectivity index (χ1n) is 36.3. The van der Waals surface area contributed by atoms with E-state index in [1.54, 1.807) is 0 Å². The van der Waals surface area contributed by atoms with Crippen LogP contribution in [0.2, 0.25) is 0 Å². The summed E-state index contributed by atoms with van der Waals surface area (Å²) in [5.41, 5.74) is 49.6. The molecule has 4 N–H and O–H groups in total. The van der Waals surface area contributed by atoms with E-state index in [2.05, 4.69) is 326 Å². The van der Waals surface area contributed by atoms with Gasteiger partial charge >= 0.3 is 0 Å². The van der Waals surface area contributed by atoms with Crippen molar-refractivity contribution in [2.24, 2.45) is 0 Å². The van der Waals surface area contributed by atoms with Crippen molar-refractivity contribution in [3.05, 3.63) is 278 Å². The van der Waals surface area contributed by atoms with Crippen LogP contribution in [0.3, 0.4) is 0 Å². The van der Waals surface area contributed by atoms with E-state index in [-0.39, 0.29) is 0 Å². The lowest BCUT2D eigenvalue weighted by atomic mass is 9.92. The molecule has 4 aliphatic heterocycles. The number of H-pyrrole nitrogens is 4. The van der Waals surface area contributed by atoms with E-state index in [1.807, 2.05) is 0 Å². The molecule has 8 heteroatoms. The van der Waals surface area contributed by atoms with Gasteiger partial charge in [-0.25, -0.2) is 19.9 Å². The van der Waals surface area contributed by atoms with Crippen LogP contribution in [0.15, 0.2) is 121 Å². The molecule has 0 atom stereocenters. The monoisotopic (exact) mass is 1350 g/mol. The maximum atomic E-state index is 5.80. The van der Waals surface area contributed by atoms with Gasteiger partial charge in [0, 0.05) is 66.5 Å². The van der Waals surface area contributed by atoms with Crippen molar-refractivity contribution in [3.63, 3.8) is 0 Å². The molecule has 0 aliphatic carbocycles. The highest BCUT2D eigenvalue weighted by Crippen LogP contribution is 2.45. The number of rotatable bonds is 6. The molecule has 0 saturated heterocycles. The molecular weight excluding hydrogens is 1270 g/mol. The summed E-state index contributed by atoms with van der Waals surface area (Å²) in [4.78, 5) is 39.3. The summed E-state index contributed by atoms with van der Waals surface area (Å²) in [6.45, 7) is 39.7. The maximum Gasteiger partial charge on any atom is 0.0815 e. The van der Waals surface area contributed by atoms with Crippen LogP contribution in [-0.4, -0.2) is 39.9 Å². The van der Waals surface area contributed by atoms with E-state index >= 15 is 0 Å². The second-order valence-electron chi connectivity index (χ2n) is 29.9. The van der Waals surface area contributed by atoms with E-state index < -0.39 is 0 Å². The lowest BCUT2D eigenvalue weighted by Gasteiger charge is -2.14. The molecule has 0 amide bonds. The van der Waals surface area contributed by atoms with E-state index in [4.69, 9.17) is 19.9 Å². The van der Waals surface area contributed by atoms with Gasteiger partial charge in [-0.15, -0.1) is 0 Å². The van der Waals surface area contributed by atoms with Crippen LogP contribution < -0.4 is 0 Å². The third kappa shape index (κ3) is 11.5. The number of nitrogens with zero attached hydrogens (tertiary/aromatic N) is 4. The minimum absolute atomic E-state index is 0.723. The van der Waals surface area contributed by atoms with E-state index in [9.17, 15) is 0 Å². The fraction of sp³-hybridized carbons (Fsp3) is 0.188. The average molecular weight is 1350 g/mol. The molecular formula is C96H86N8. The highest BCUT2D eigenvalue weighted by molar-refractivity contribution is 6.03. The van der Waals surface area contributed by atoms with Crippen molar-refractivity contribution in [1.82, 2.24) is 39.9 Å². The molecule has 16 rings (SSSR count). The van der Waals surface area contributed by atoms with Gasteiger partial charge < -0.3 is 19.9 Å². The minimum Gasteiger partial charge on any atom is -0.354 e. The average Bonchev–Trinajstić information content (AvgIpc) is 1.59. The smallest absolute Gasteiger partial charge is 0.0815 e. The number of aryl methyl sites for hydroxylation is 18. The Balaban J connectivity index is 1.06. The van der Waals surface area contributed by atoms with Gasteiger partial charge in [-0.05, 0) is 322 Å². The highest BCUT2D eigenvalue weighted by Gasteiger charge is 2.26. The van der Waals surface area contributed by atoms with Gasteiger partial charge in [-0.1, -0.05) is 118 Å². The fourth-order valence-electron chi connectivity index (χ4n) is 17.8. The number of hydrogen-bond acceptors (Lipinski definition) is 4. The van der Waals surface area contributed by atoms with Gasteiger partial charge in [-0.2, -0.15) is 0 Å². The second-order valence-corrected chi connectivity index (χ2v) is 29.9. The van der Waals surface area contributed by atoms with Gasteiger partial charge in [-0.3, -0.25) is 0 Å². The van der Waals surface area contributed by atoms with Gasteiger partial charge in [0.1, 0.15) is 0 Å². The first kappa shape index (κ1) is 66.6. The first-order chi connectivity index (χ1) is 49.9. The Morgan fingerprint density at radius 3 is 0.510 bits per heavy atom. The number of benzene rings is 6. The van der Waals surface area contributed by atoms with E-state index in [0.29, 0.717) is 0 Å². The number of aromatic amines is 4. The molecule has 12 aromatic rings. The topological polar surface area (TPSA) is 115 Å². The predicted molar refractivity (Wildman–Crippen MR) is 442 cm³/mol. The lowest BCUT2D eigenvalue weighted by molar-refractivity contribution is 1.27. The third-order valence-electron chi connectivity index (χ3n) is 21.4. The summed E-state index contributed by atoms with van der Waals surface area (Å²) < 4.78 is 0. The zero-order valence-corrected chi connectivity index (χ0v) is 63.0. The van der Waals surface area contributed by atoms with Crippen molar-refractivity contribution in [2.75, 3.05) is 0 Å². The van der Waals surface area contributed by atoms with Crippen molar-refractivity contribution >= 4 is 92.7 Å². The Kier molecular flexibility index (Phi) is 16.4. The largest absolute Gasteiger partial charge is 0.354 e. The van der Waals surface area contributed by atoms with Crippen molar-refractivity contribution in [3.8, 4) is 78.6 Å². The number of fused-ring (bicyclic) bond motifs is 16. The molecule has 8 nitrogen and oxygen atoms in total. The predicted octanol–water partition coefficient (Wildman–Crippen LogP) is 24.6.